The van der Waals surface area contributed by atoms with Crippen molar-refractivity contribution in [1.29, 1.82) is 0 Å². The summed E-state index contributed by atoms with van der Waals surface area (Å²) in [5.41, 5.74) is 1.70. The van der Waals surface area contributed by atoms with Gasteiger partial charge >= 0.3 is 0 Å². The lowest BCUT2D eigenvalue weighted by Crippen LogP contribution is -2.05. The Morgan fingerprint density at radius 1 is 1.53 bits per heavy atom. The zero-order valence-electron chi connectivity index (χ0n) is 8.26. The lowest BCUT2D eigenvalue weighted by molar-refractivity contribution is 0.481. The molecule has 15 heavy (non-hydrogen) atoms. The molecule has 1 aromatic heterocycles. The molecule has 0 atom stereocenters. The normalized spacial score (nSPS) is 11.3. The van der Waals surface area contributed by atoms with Crippen LogP contribution in [0.3, 0.4) is 0 Å². The number of pyridine rings is 1. The fraction of sp³-hybridized carbons (Fsp3) is 0.300. The summed E-state index contributed by atoms with van der Waals surface area (Å²) in [5.74, 6) is -0.224. The summed E-state index contributed by atoms with van der Waals surface area (Å²) < 4.78 is 29.5. The molecule has 1 N–H and O–H groups in total. The van der Waals surface area contributed by atoms with Gasteiger partial charge in [-0.1, -0.05) is 12.6 Å². The van der Waals surface area contributed by atoms with Crippen molar-refractivity contribution in [3.05, 3.63) is 36.2 Å². The molecule has 0 unspecified atom stereocenters. The minimum absolute atomic E-state index is 0.224. The Hall–Kier alpha value is -1.20. The number of aryl methyl sites for hydroxylation is 1. The van der Waals surface area contributed by atoms with Crippen LogP contribution >= 0.6 is 0 Å². The SMILES string of the molecule is C=Cc1ncccc1CCCS(=O)(=O)O. The van der Waals surface area contributed by atoms with Crippen molar-refractivity contribution in [3.8, 4) is 0 Å². The molecule has 0 fully saturated rings. The van der Waals surface area contributed by atoms with E-state index in [1.807, 2.05) is 6.07 Å². The van der Waals surface area contributed by atoms with E-state index in [4.69, 9.17) is 4.55 Å². The van der Waals surface area contributed by atoms with Gasteiger partial charge in [0.15, 0.2) is 0 Å². The average molecular weight is 227 g/mol. The van der Waals surface area contributed by atoms with Gasteiger partial charge in [-0.05, 0) is 30.5 Å². The van der Waals surface area contributed by atoms with Crippen molar-refractivity contribution in [3.63, 3.8) is 0 Å². The molecule has 0 spiro atoms. The summed E-state index contributed by atoms with van der Waals surface area (Å²) in [6.45, 7) is 3.62. The summed E-state index contributed by atoms with van der Waals surface area (Å²) in [7, 11) is -3.86. The summed E-state index contributed by atoms with van der Waals surface area (Å²) in [4.78, 5) is 4.08. The molecule has 0 saturated carbocycles. The first-order valence-corrected chi connectivity index (χ1v) is 6.15. The van der Waals surface area contributed by atoms with E-state index in [1.54, 1.807) is 18.3 Å². The van der Waals surface area contributed by atoms with Gasteiger partial charge in [-0.15, -0.1) is 0 Å². The maximum absolute atomic E-state index is 10.5. The Kier molecular flexibility index (Phi) is 3.99. The van der Waals surface area contributed by atoms with Crippen molar-refractivity contribution in [2.24, 2.45) is 0 Å². The molecule has 5 heteroatoms. The van der Waals surface area contributed by atoms with Crippen molar-refractivity contribution in [1.82, 2.24) is 4.98 Å². The third-order valence-corrected chi connectivity index (χ3v) is 2.77. The molecule has 4 nitrogen and oxygen atoms in total. The fourth-order valence-corrected chi connectivity index (χ4v) is 1.80. The van der Waals surface area contributed by atoms with Gasteiger partial charge < -0.3 is 0 Å². The van der Waals surface area contributed by atoms with Crippen molar-refractivity contribution in [2.75, 3.05) is 5.75 Å². The van der Waals surface area contributed by atoms with Crippen molar-refractivity contribution in [2.45, 2.75) is 12.8 Å². The van der Waals surface area contributed by atoms with Crippen LogP contribution in [0.4, 0.5) is 0 Å². The van der Waals surface area contributed by atoms with E-state index >= 15 is 0 Å². The molecule has 0 radical (unpaired) electrons. The Morgan fingerprint density at radius 2 is 2.27 bits per heavy atom. The number of aromatic nitrogens is 1. The van der Waals surface area contributed by atoms with E-state index in [-0.39, 0.29) is 5.75 Å². The lowest BCUT2D eigenvalue weighted by Gasteiger charge is -2.03. The quantitative estimate of drug-likeness (QED) is 0.775. The van der Waals surface area contributed by atoms with Crippen LogP contribution < -0.4 is 0 Å². The van der Waals surface area contributed by atoms with Crippen LogP contribution in [0.2, 0.25) is 0 Å². The Labute approximate surface area is 89.4 Å². The zero-order chi connectivity index (χ0) is 11.3. The maximum Gasteiger partial charge on any atom is 0.264 e. The first-order chi connectivity index (χ1) is 7.03. The van der Waals surface area contributed by atoms with E-state index in [0.717, 1.165) is 11.3 Å². The first-order valence-electron chi connectivity index (χ1n) is 4.54. The summed E-state index contributed by atoms with van der Waals surface area (Å²) >= 11 is 0. The number of rotatable bonds is 5. The smallest absolute Gasteiger partial charge is 0.264 e. The molecular formula is C10H13NO3S. The molecule has 1 heterocycles. The van der Waals surface area contributed by atoms with Gasteiger partial charge in [-0.3, -0.25) is 9.54 Å². The molecule has 0 bridgehead atoms. The van der Waals surface area contributed by atoms with Crippen LogP contribution in [-0.4, -0.2) is 23.7 Å². The largest absolute Gasteiger partial charge is 0.286 e. The Bertz CT molecular complexity index is 440. The monoisotopic (exact) mass is 227 g/mol. The van der Waals surface area contributed by atoms with E-state index in [0.29, 0.717) is 12.8 Å². The first kappa shape index (κ1) is 11.9. The Balaban J connectivity index is 2.61. The second-order valence-electron chi connectivity index (χ2n) is 3.14. The van der Waals surface area contributed by atoms with E-state index < -0.39 is 10.1 Å². The molecule has 1 aromatic rings. The van der Waals surface area contributed by atoms with Crippen molar-refractivity contribution >= 4 is 16.2 Å². The van der Waals surface area contributed by atoms with Crippen LogP contribution in [0.15, 0.2) is 24.9 Å². The van der Waals surface area contributed by atoms with Gasteiger partial charge in [0.05, 0.1) is 11.4 Å². The maximum atomic E-state index is 10.5. The molecule has 0 saturated heterocycles. The van der Waals surface area contributed by atoms with Crippen molar-refractivity contribution < 1.29 is 13.0 Å². The molecule has 0 aliphatic carbocycles. The highest BCUT2D eigenvalue weighted by molar-refractivity contribution is 7.85. The summed E-state index contributed by atoms with van der Waals surface area (Å²) in [6, 6.07) is 3.66. The predicted molar refractivity (Wildman–Crippen MR) is 59.1 cm³/mol. The highest BCUT2D eigenvalue weighted by atomic mass is 32.2. The Morgan fingerprint density at radius 3 is 2.87 bits per heavy atom. The minimum atomic E-state index is -3.86. The number of hydrogen-bond acceptors (Lipinski definition) is 3. The summed E-state index contributed by atoms with van der Waals surface area (Å²) in [6.07, 6.45) is 4.23. The molecule has 1 rings (SSSR count). The van der Waals surface area contributed by atoms with E-state index in [1.165, 1.54) is 0 Å². The van der Waals surface area contributed by atoms with Gasteiger partial charge in [0, 0.05) is 6.20 Å². The standard InChI is InChI=1S/C10H13NO3S/c1-2-10-9(5-3-7-11-10)6-4-8-15(12,13)14/h2-3,5,7H,1,4,6,8H2,(H,12,13,14). The van der Waals surface area contributed by atoms with Gasteiger partial charge in [0.2, 0.25) is 0 Å². The summed E-state index contributed by atoms with van der Waals surface area (Å²) in [5, 5.41) is 0. The third-order valence-electron chi connectivity index (χ3n) is 1.97. The van der Waals surface area contributed by atoms with E-state index in [9.17, 15) is 8.42 Å². The van der Waals surface area contributed by atoms with Gasteiger partial charge in [-0.2, -0.15) is 8.42 Å². The van der Waals surface area contributed by atoms with Crippen LogP contribution in [0.1, 0.15) is 17.7 Å². The molecule has 0 aliphatic rings. The predicted octanol–water partition coefficient (Wildman–Crippen LogP) is 1.55. The second kappa shape index (κ2) is 5.04. The van der Waals surface area contributed by atoms with Crippen LogP contribution in [0.5, 0.6) is 0 Å². The average Bonchev–Trinajstić information content (AvgIpc) is 2.16. The van der Waals surface area contributed by atoms with Gasteiger partial charge in [0.1, 0.15) is 0 Å². The number of nitrogens with zero attached hydrogens (tertiary/aromatic N) is 1. The molecular weight excluding hydrogens is 214 g/mol. The second-order valence-corrected chi connectivity index (χ2v) is 4.71. The highest BCUT2D eigenvalue weighted by Crippen LogP contribution is 2.09. The van der Waals surface area contributed by atoms with Crippen LogP contribution in [-0.2, 0) is 16.5 Å². The van der Waals surface area contributed by atoms with Crippen LogP contribution in [0.25, 0.3) is 6.08 Å². The van der Waals surface area contributed by atoms with Gasteiger partial charge in [-0.25, -0.2) is 0 Å². The highest BCUT2D eigenvalue weighted by Gasteiger charge is 2.05. The number of hydrogen-bond donors (Lipinski definition) is 1. The third kappa shape index (κ3) is 4.22. The molecule has 0 amide bonds. The lowest BCUT2D eigenvalue weighted by atomic mass is 10.1. The topological polar surface area (TPSA) is 67.3 Å². The molecule has 82 valence electrons. The van der Waals surface area contributed by atoms with Crippen LogP contribution in [0, 0.1) is 0 Å². The molecule has 0 aromatic carbocycles. The fourth-order valence-electron chi connectivity index (χ4n) is 1.29. The zero-order valence-corrected chi connectivity index (χ0v) is 9.07. The van der Waals surface area contributed by atoms with Gasteiger partial charge in [0.25, 0.3) is 10.1 Å². The molecule has 0 aliphatic heterocycles. The minimum Gasteiger partial charge on any atom is -0.286 e. The van der Waals surface area contributed by atoms with E-state index in [2.05, 4.69) is 11.6 Å².